The first-order chi connectivity index (χ1) is 23.8. The highest BCUT2D eigenvalue weighted by atomic mass is 16.5. The minimum absolute atomic E-state index is 0.0433. The van der Waals surface area contributed by atoms with Gasteiger partial charge in [0.2, 0.25) is 11.8 Å². The number of aliphatic hydroxyl groups excluding tert-OH is 2. The van der Waals surface area contributed by atoms with Crippen molar-refractivity contribution in [2.45, 2.75) is 62.8 Å². The Morgan fingerprint density at radius 3 is 2.29 bits per heavy atom. The highest BCUT2D eigenvalue weighted by Crippen LogP contribution is 2.33. The molecule has 4 aromatic rings. The molecule has 8 nitrogen and oxygen atoms in total. The van der Waals surface area contributed by atoms with Gasteiger partial charge in [-0.15, -0.1) is 0 Å². The molecule has 4 aromatic carbocycles. The van der Waals surface area contributed by atoms with Crippen LogP contribution in [0.4, 0.5) is 0 Å². The minimum Gasteiger partial charge on any atom is -0.465 e. The standard InChI is InChI=1S/C41H44N2O6/c1-49-41(48)31-17-10-15-29(20-31)21-33-23-34(22-28-13-6-3-7-14-28)43(40(33)47)26-35(44)24-32(19-27-11-4-2-5-12-27)39(46)42-38-36-18-9-8-16-30(36)25-37(38)45/h2-18,20,32-35,37-38,44-45H,19,21-26H2,1H3,(H,42,46)/t32-,33+,34+,35+,37-,38+/m1/s1. The number of β-amino-alcohol motifs (C(OH)–C–C–N with tert-alkyl or cyclic N) is 1. The predicted octanol–water partition coefficient (Wildman–Crippen LogP) is 4.86. The van der Waals surface area contributed by atoms with Gasteiger partial charge in [0.05, 0.1) is 30.9 Å². The van der Waals surface area contributed by atoms with Crippen LogP contribution >= 0.6 is 0 Å². The Hall–Kier alpha value is -4.79. The molecule has 254 valence electrons. The SMILES string of the molecule is COC(=O)c1cccc(C[C@H]2C[C@H](Cc3ccccc3)N(C[C@@H](O)C[C@@H](Cc3ccccc3)C(=O)N[C@H]3c4ccccc4C[C@H]3O)C2=O)c1. The normalized spacial score (nSPS) is 21.2. The molecule has 8 heteroatoms. The smallest absolute Gasteiger partial charge is 0.337 e. The van der Waals surface area contributed by atoms with Crippen LogP contribution in [0.1, 0.15) is 57.1 Å². The number of ether oxygens (including phenoxy) is 1. The number of rotatable bonds is 13. The quantitative estimate of drug-likeness (QED) is 0.177. The van der Waals surface area contributed by atoms with E-state index in [2.05, 4.69) is 5.32 Å². The second kappa shape index (κ2) is 15.6. The number of amides is 2. The zero-order chi connectivity index (χ0) is 34.3. The molecule has 1 heterocycles. The van der Waals surface area contributed by atoms with Crippen molar-refractivity contribution in [3.05, 3.63) is 143 Å². The van der Waals surface area contributed by atoms with E-state index in [0.29, 0.717) is 37.7 Å². The summed E-state index contributed by atoms with van der Waals surface area (Å²) in [5.41, 5.74) is 5.31. The monoisotopic (exact) mass is 660 g/mol. The lowest BCUT2D eigenvalue weighted by atomic mass is 9.91. The van der Waals surface area contributed by atoms with Crippen molar-refractivity contribution in [1.29, 1.82) is 0 Å². The van der Waals surface area contributed by atoms with Gasteiger partial charge in [-0.05, 0) is 72.1 Å². The maximum Gasteiger partial charge on any atom is 0.337 e. The largest absolute Gasteiger partial charge is 0.465 e. The number of aliphatic hydroxyl groups is 2. The number of fused-ring (bicyclic) bond motifs is 1. The van der Waals surface area contributed by atoms with E-state index in [1.807, 2.05) is 91.0 Å². The Morgan fingerprint density at radius 1 is 0.878 bits per heavy atom. The number of nitrogens with zero attached hydrogens (tertiary/aromatic N) is 1. The third kappa shape index (κ3) is 8.27. The topological polar surface area (TPSA) is 116 Å². The van der Waals surface area contributed by atoms with Crippen LogP contribution in [0.2, 0.25) is 0 Å². The summed E-state index contributed by atoms with van der Waals surface area (Å²) in [6.45, 7) is 0.0997. The van der Waals surface area contributed by atoms with E-state index in [1.165, 1.54) is 7.11 Å². The summed E-state index contributed by atoms with van der Waals surface area (Å²) < 4.78 is 4.89. The molecule has 6 atom stereocenters. The van der Waals surface area contributed by atoms with Crippen LogP contribution in [0.25, 0.3) is 0 Å². The number of nitrogens with one attached hydrogen (secondary N) is 1. The van der Waals surface area contributed by atoms with Gasteiger partial charge in [-0.1, -0.05) is 97.1 Å². The second-order valence-corrected chi connectivity index (χ2v) is 13.4. The molecule has 2 amide bonds. The van der Waals surface area contributed by atoms with Gasteiger partial charge < -0.3 is 25.2 Å². The van der Waals surface area contributed by atoms with Crippen molar-refractivity contribution in [2.24, 2.45) is 11.8 Å². The average Bonchev–Trinajstić information content (AvgIpc) is 3.58. The Morgan fingerprint density at radius 2 is 1.55 bits per heavy atom. The molecule has 0 aromatic heterocycles. The fraction of sp³-hybridized carbons (Fsp3) is 0.341. The van der Waals surface area contributed by atoms with Crippen LogP contribution in [0.5, 0.6) is 0 Å². The second-order valence-electron chi connectivity index (χ2n) is 13.4. The Labute approximate surface area is 287 Å². The van der Waals surface area contributed by atoms with Crippen LogP contribution < -0.4 is 5.32 Å². The zero-order valence-electron chi connectivity index (χ0n) is 27.8. The Kier molecular flexibility index (Phi) is 10.9. The summed E-state index contributed by atoms with van der Waals surface area (Å²) in [5, 5.41) is 25.5. The lowest BCUT2D eigenvalue weighted by molar-refractivity contribution is -0.133. The van der Waals surface area contributed by atoms with E-state index in [0.717, 1.165) is 27.8 Å². The number of methoxy groups -OCH3 is 1. The highest BCUT2D eigenvalue weighted by Gasteiger charge is 2.41. The molecular weight excluding hydrogens is 616 g/mol. The molecule has 1 fully saturated rings. The molecule has 0 spiro atoms. The molecule has 3 N–H and O–H groups in total. The number of likely N-dealkylation sites (tertiary alicyclic amines) is 1. The van der Waals surface area contributed by atoms with E-state index in [4.69, 9.17) is 4.74 Å². The summed E-state index contributed by atoms with van der Waals surface area (Å²) in [6, 6.07) is 34.0. The average molecular weight is 661 g/mol. The number of esters is 1. The number of carbonyl (C=O) groups is 3. The lowest BCUT2D eigenvalue weighted by Gasteiger charge is -2.29. The first-order valence-electron chi connectivity index (χ1n) is 17.1. The van der Waals surface area contributed by atoms with Crippen molar-refractivity contribution in [3.8, 4) is 0 Å². The summed E-state index contributed by atoms with van der Waals surface area (Å²) in [5.74, 6) is -1.61. The molecule has 0 saturated carbocycles. The Balaban J connectivity index is 1.19. The molecule has 2 aliphatic rings. The van der Waals surface area contributed by atoms with Crippen molar-refractivity contribution < 1.29 is 29.3 Å². The van der Waals surface area contributed by atoms with E-state index in [9.17, 15) is 24.6 Å². The predicted molar refractivity (Wildman–Crippen MR) is 187 cm³/mol. The Bertz CT molecular complexity index is 1750. The third-order valence-corrected chi connectivity index (χ3v) is 9.94. The van der Waals surface area contributed by atoms with Gasteiger partial charge in [0.25, 0.3) is 0 Å². The summed E-state index contributed by atoms with van der Waals surface area (Å²) in [6.07, 6.45) is 1.07. The van der Waals surface area contributed by atoms with Gasteiger partial charge in [0.15, 0.2) is 0 Å². The van der Waals surface area contributed by atoms with Crippen LogP contribution in [-0.2, 0) is 40.0 Å². The molecular formula is C41H44N2O6. The zero-order valence-corrected chi connectivity index (χ0v) is 27.8. The van der Waals surface area contributed by atoms with E-state index in [-0.39, 0.29) is 36.7 Å². The third-order valence-electron chi connectivity index (χ3n) is 9.94. The van der Waals surface area contributed by atoms with Crippen LogP contribution in [-0.4, -0.2) is 64.8 Å². The van der Waals surface area contributed by atoms with Crippen molar-refractivity contribution >= 4 is 17.8 Å². The summed E-state index contributed by atoms with van der Waals surface area (Å²) >= 11 is 0. The summed E-state index contributed by atoms with van der Waals surface area (Å²) in [4.78, 5) is 41.9. The van der Waals surface area contributed by atoms with Gasteiger partial charge in [-0.3, -0.25) is 9.59 Å². The minimum atomic E-state index is -0.955. The van der Waals surface area contributed by atoms with Crippen molar-refractivity contribution in [1.82, 2.24) is 10.2 Å². The maximum atomic E-state index is 14.0. The van der Waals surface area contributed by atoms with Crippen molar-refractivity contribution in [3.63, 3.8) is 0 Å². The maximum absolute atomic E-state index is 14.0. The molecule has 1 aliphatic heterocycles. The van der Waals surface area contributed by atoms with Crippen LogP contribution in [0, 0.1) is 11.8 Å². The van der Waals surface area contributed by atoms with E-state index in [1.54, 1.807) is 23.1 Å². The van der Waals surface area contributed by atoms with E-state index < -0.39 is 30.1 Å². The van der Waals surface area contributed by atoms with Crippen LogP contribution in [0.3, 0.4) is 0 Å². The molecule has 6 rings (SSSR count). The number of carbonyl (C=O) groups excluding carboxylic acids is 3. The van der Waals surface area contributed by atoms with Crippen LogP contribution in [0.15, 0.2) is 109 Å². The molecule has 1 aliphatic carbocycles. The first kappa shape index (κ1) is 34.1. The fourth-order valence-corrected chi connectivity index (χ4v) is 7.52. The van der Waals surface area contributed by atoms with Gasteiger partial charge in [0.1, 0.15) is 0 Å². The molecule has 0 unspecified atom stereocenters. The summed E-state index contributed by atoms with van der Waals surface area (Å²) in [7, 11) is 1.35. The van der Waals surface area contributed by atoms with Crippen molar-refractivity contribution in [2.75, 3.05) is 13.7 Å². The molecule has 0 radical (unpaired) electrons. The molecule has 0 bridgehead atoms. The van der Waals surface area contributed by atoms with Gasteiger partial charge in [-0.25, -0.2) is 4.79 Å². The lowest BCUT2D eigenvalue weighted by Crippen LogP contribution is -2.43. The number of hydrogen-bond acceptors (Lipinski definition) is 6. The van der Waals surface area contributed by atoms with Gasteiger partial charge >= 0.3 is 5.97 Å². The first-order valence-corrected chi connectivity index (χ1v) is 17.1. The van der Waals surface area contributed by atoms with E-state index >= 15 is 0 Å². The molecule has 49 heavy (non-hydrogen) atoms. The molecule has 1 saturated heterocycles. The highest BCUT2D eigenvalue weighted by molar-refractivity contribution is 5.89. The van der Waals surface area contributed by atoms with Gasteiger partial charge in [0, 0.05) is 30.8 Å². The fourth-order valence-electron chi connectivity index (χ4n) is 7.52. The number of hydrogen-bond donors (Lipinski definition) is 3. The number of benzene rings is 4. The van der Waals surface area contributed by atoms with Gasteiger partial charge in [-0.2, -0.15) is 0 Å².